The fourth-order valence-corrected chi connectivity index (χ4v) is 5.48. The minimum atomic E-state index is -4.79. The van der Waals surface area contributed by atoms with E-state index in [4.69, 9.17) is 9.47 Å². The molecule has 1 aliphatic carbocycles. The SMILES string of the molecule is CCOC(=O)c1cc(C2(C#N)CC2)cnc1CN(C(=O)OC(C)(C)C)c1nc2ccc(C(F)(F)F)cn2c1S(=O)(=O)CC. The lowest BCUT2D eigenvalue weighted by atomic mass is 9.97. The number of halogens is 3. The zero-order valence-electron chi connectivity index (χ0n) is 24.1. The van der Waals surface area contributed by atoms with Crippen LogP contribution in [0.4, 0.5) is 23.8 Å². The van der Waals surface area contributed by atoms with Crippen molar-refractivity contribution in [3.05, 3.63) is 53.0 Å². The molecule has 3 aromatic heterocycles. The molecule has 1 aliphatic rings. The standard InChI is InChI=1S/C28H30F3N5O6S/c1-6-41-24(37)19-12-18(27(16-32)10-11-27)13-33-20(19)15-36(25(38)42-26(3,4)5)22-23(43(39,40)7-2)35-14-17(28(29,30)31)8-9-21(35)34-22/h8-9,12-14H,6-7,10-11,15H2,1-5H3. The summed E-state index contributed by atoms with van der Waals surface area (Å²) in [7, 11) is -4.31. The van der Waals surface area contributed by atoms with Gasteiger partial charge in [0.05, 0.1) is 47.2 Å². The quantitative estimate of drug-likeness (QED) is 0.309. The number of ether oxygens (including phenoxy) is 2. The molecule has 0 saturated heterocycles. The second-order valence-corrected chi connectivity index (χ2v) is 13.2. The highest BCUT2D eigenvalue weighted by Crippen LogP contribution is 2.47. The van der Waals surface area contributed by atoms with Crippen LogP contribution in [-0.4, -0.2) is 52.8 Å². The molecule has 0 N–H and O–H groups in total. The normalized spacial score (nSPS) is 14.7. The largest absolute Gasteiger partial charge is 0.462 e. The summed E-state index contributed by atoms with van der Waals surface area (Å²) in [5.74, 6) is -1.83. The molecular weight excluding hydrogens is 591 g/mol. The van der Waals surface area contributed by atoms with Crippen LogP contribution < -0.4 is 4.90 Å². The van der Waals surface area contributed by atoms with Crippen molar-refractivity contribution in [2.45, 2.75) is 76.2 Å². The van der Waals surface area contributed by atoms with E-state index in [0.717, 1.165) is 21.4 Å². The first-order chi connectivity index (χ1) is 20.0. The van der Waals surface area contributed by atoms with Gasteiger partial charge in [0.2, 0.25) is 0 Å². The summed E-state index contributed by atoms with van der Waals surface area (Å²) in [5.41, 5.74) is -2.82. The Kier molecular flexibility index (Phi) is 8.22. The Hall–Kier alpha value is -4.19. The number of amides is 1. The highest BCUT2D eigenvalue weighted by atomic mass is 32.2. The van der Waals surface area contributed by atoms with Crippen molar-refractivity contribution in [2.24, 2.45) is 0 Å². The van der Waals surface area contributed by atoms with Gasteiger partial charge >= 0.3 is 18.2 Å². The lowest BCUT2D eigenvalue weighted by molar-refractivity contribution is -0.137. The van der Waals surface area contributed by atoms with Crippen LogP contribution in [0.1, 0.15) is 74.6 Å². The minimum Gasteiger partial charge on any atom is -0.462 e. The maximum Gasteiger partial charge on any atom is 0.417 e. The Morgan fingerprint density at radius 3 is 2.40 bits per heavy atom. The summed E-state index contributed by atoms with van der Waals surface area (Å²) in [6.45, 7) is 7.04. The molecule has 0 atom stereocenters. The molecule has 0 unspecified atom stereocenters. The molecule has 11 nitrogen and oxygen atoms in total. The van der Waals surface area contributed by atoms with Crippen molar-refractivity contribution in [1.82, 2.24) is 14.4 Å². The topological polar surface area (TPSA) is 144 Å². The van der Waals surface area contributed by atoms with Gasteiger partial charge in [0.25, 0.3) is 0 Å². The van der Waals surface area contributed by atoms with Crippen LogP contribution in [0.2, 0.25) is 0 Å². The Bertz CT molecular complexity index is 1730. The van der Waals surface area contributed by atoms with Crippen LogP contribution in [0.3, 0.4) is 0 Å². The van der Waals surface area contributed by atoms with Crippen molar-refractivity contribution in [3.63, 3.8) is 0 Å². The van der Waals surface area contributed by atoms with E-state index < -0.39 is 67.8 Å². The van der Waals surface area contributed by atoms with Crippen molar-refractivity contribution >= 4 is 33.4 Å². The first-order valence-corrected chi connectivity index (χ1v) is 15.0. The van der Waals surface area contributed by atoms with Crippen molar-refractivity contribution < 1.29 is 40.7 Å². The van der Waals surface area contributed by atoms with E-state index in [1.54, 1.807) is 27.7 Å². The van der Waals surface area contributed by atoms with Gasteiger partial charge in [-0.05, 0) is 64.3 Å². The molecule has 1 amide bonds. The van der Waals surface area contributed by atoms with Gasteiger partial charge in [-0.15, -0.1) is 0 Å². The average Bonchev–Trinajstić information content (AvgIpc) is 3.62. The maximum atomic E-state index is 13.6. The van der Waals surface area contributed by atoms with Gasteiger partial charge in [-0.1, -0.05) is 6.92 Å². The Morgan fingerprint density at radius 2 is 1.86 bits per heavy atom. The minimum absolute atomic E-state index is 0.00847. The highest BCUT2D eigenvalue weighted by molar-refractivity contribution is 7.91. The average molecular weight is 622 g/mol. The number of hydrogen-bond acceptors (Lipinski definition) is 9. The number of nitriles is 1. The highest BCUT2D eigenvalue weighted by Gasteiger charge is 2.46. The maximum absolute atomic E-state index is 13.6. The predicted octanol–water partition coefficient (Wildman–Crippen LogP) is 5.22. The molecule has 0 aromatic carbocycles. The number of alkyl halides is 3. The van der Waals surface area contributed by atoms with Gasteiger partial charge in [-0.25, -0.2) is 23.0 Å². The second kappa shape index (κ2) is 11.1. The fraction of sp³-hybridized carbons (Fsp3) is 0.464. The van der Waals surface area contributed by atoms with Crippen LogP contribution in [0.15, 0.2) is 35.6 Å². The number of aromatic nitrogens is 3. The molecule has 4 rings (SSSR count). The number of esters is 1. The lowest BCUT2D eigenvalue weighted by Gasteiger charge is -2.27. The molecule has 1 saturated carbocycles. The third-order valence-electron chi connectivity index (χ3n) is 6.72. The van der Waals surface area contributed by atoms with Crippen LogP contribution in [0, 0.1) is 11.3 Å². The van der Waals surface area contributed by atoms with Crippen molar-refractivity contribution in [1.29, 1.82) is 5.26 Å². The first kappa shape index (κ1) is 31.7. The molecule has 0 spiro atoms. The van der Waals surface area contributed by atoms with Gasteiger partial charge in [0.15, 0.2) is 20.7 Å². The van der Waals surface area contributed by atoms with Gasteiger partial charge in [-0.3, -0.25) is 14.3 Å². The number of rotatable bonds is 8. The molecule has 230 valence electrons. The molecular formula is C28H30F3N5O6S. The summed E-state index contributed by atoms with van der Waals surface area (Å²) in [6.07, 6.45) is -2.76. The molecule has 43 heavy (non-hydrogen) atoms. The van der Waals surface area contributed by atoms with E-state index in [1.165, 1.54) is 19.2 Å². The van der Waals surface area contributed by atoms with Crippen LogP contribution in [0.5, 0.6) is 0 Å². The van der Waals surface area contributed by atoms with E-state index in [2.05, 4.69) is 16.0 Å². The van der Waals surface area contributed by atoms with Crippen molar-refractivity contribution in [2.75, 3.05) is 17.3 Å². The molecule has 0 radical (unpaired) electrons. The van der Waals surface area contributed by atoms with E-state index in [1.807, 2.05) is 0 Å². The third-order valence-corrected chi connectivity index (χ3v) is 8.45. The van der Waals surface area contributed by atoms with Crippen LogP contribution in [0.25, 0.3) is 5.65 Å². The second-order valence-electron chi connectivity index (χ2n) is 11.0. The molecule has 0 bridgehead atoms. The lowest BCUT2D eigenvalue weighted by Crippen LogP contribution is -2.38. The zero-order chi connectivity index (χ0) is 32.0. The molecule has 15 heteroatoms. The predicted molar refractivity (Wildman–Crippen MR) is 147 cm³/mol. The van der Waals surface area contributed by atoms with E-state index in [0.29, 0.717) is 24.6 Å². The Balaban J connectivity index is 1.96. The van der Waals surface area contributed by atoms with Crippen LogP contribution >= 0.6 is 0 Å². The van der Waals surface area contributed by atoms with E-state index >= 15 is 0 Å². The third kappa shape index (κ3) is 6.43. The fourth-order valence-electron chi connectivity index (χ4n) is 4.33. The number of imidazole rings is 1. The summed E-state index contributed by atoms with van der Waals surface area (Å²) < 4.78 is 78.9. The van der Waals surface area contributed by atoms with Gasteiger partial charge in [0.1, 0.15) is 11.2 Å². The van der Waals surface area contributed by atoms with E-state index in [9.17, 15) is 36.4 Å². The smallest absolute Gasteiger partial charge is 0.417 e. The van der Waals surface area contributed by atoms with E-state index in [-0.39, 0.29) is 23.5 Å². The van der Waals surface area contributed by atoms with Gasteiger partial charge in [-0.2, -0.15) is 18.4 Å². The number of pyridine rings is 2. The number of carbonyl (C=O) groups excluding carboxylic acids is 2. The number of hydrogen-bond donors (Lipinski definition) is 0. The number of carbonyl (C=O) groups is 2. The Labute approximate surface area is 246 Å². The molecule has 3 heterocycles. The van der Waals surface area contributed by atoms with Gasteiger partial charge < -0.3 is 9.47 Å². The monoisotopic (exact) mass is 621 g/mol. The number of fused-ring (bicyclic) bond motifs is 1. The summed E-state index contributed by atoms with van der Waals surface area (Å²) in [4.78, 5) is 36.0. The summed E-state index contributed by atoms with van der Waals surface area (Å²) in [6, 6.07) is 5.41. The molecule has 3 aromatic rings. The first-order valence-electron chi connectivity index (χ1n) is 13.4. The number of anilines is 1. The number of nitrogens with zero attached hydrogens (tertiary/aromatic N) is 5. The van der Waals surface area contributed by atoms with Gasteiger partial charge in [0, 0.05) is 12.4 Å². The van der Waals surface area contributed by atoms with Crippen LogP contribution in [-0.2, 0) is 37.4 Å². The zero-order valence-corrected chi connectivity index (χ0v) is 25.0. The Morgan fingerprint density at radius 1 is 1.19 bits per heavy atom. The summed E-state index contributed by atoms with van der Waals surface area (Å²) in [5, 5.41) is 8.99. The molecule has 0 aliphatic heterocycles. The number of sulfone groups is 1. The summed E-state index contributed by atoms with van der Waals surface area (Å²) >= 11 is 0. The molecule has 1 fully saturated rings. The van der Waals surface area contributed by atoms with Crippen molar-refractivity contribution in [3.8, 4) is 6.07 Å².